The average molecular weight is 364 g/mol. The molecule has 7 heteroatoms. The summed E-state index contributed by atoms with van der Waals surface area (Å²) in [6, 6.07) is 7.11. The number of nitrogens with one attached hydrogen (secondary N) is 1. The van der Waals surface area contributed by atoms with Crippen molar-refractivity contribution in [1.82, 2.24) is 14.9 Å². The summed E-state index contributed by atoms with van der Waals surface area (Å²) in [4.78, 5) is 13.0. The predicted molar refractivity (Wildman–Crippen MR) is 99.7 cm³/mol. The summed E-state index contributed by atoms with van der Waals surface area (Å²) in [5.41, 5.74) is 0.955. The Bertz CT molecular complexity index is 739. The molecule has 1 saturated heterocycles. The Labute approximate surface area is 152 Å². The maximum absolute atomic E-state index is 13.9. The quantitative estimate of drug-likeness (QED) is 0.881. The molecule has 1 aliphatic rings. The molecule has 3 rings (SSSR count). The molecule has 0 bridgehead atoms. The summed E-state index contributed by atoms with van der Waals surface area (Å²) in [6.45, 7) is 1.70. The van der Waals surface area contributed by atoms with Gasteiger partial charge in [0.1, 0.15) is 11.6 Å². The third-order valence-electron chi connectivity index (χ3n) is 4.68. The van der Waals surface area contributed by atoms with Gasteiger partial charge in [-0.3, -0.25) is 4.90 Å². The fraction of sp³-hybridized carbons (Fsp3) is 0.444. The third kappa shape index (κ3) is 4.02. The fourth-order valence-corrected chi connectivity index (χ4v) is 3.49. The molecule has 2 heterocycles. The normalized spacial score (nSPS) is 20.7. The molecule has 1 N–H and O–H groups in total. The van der Waals surface area contributed by atoms with E-state index in [0.29, 0.717) is 11.9 Å². The van der Waals surface area contributed by atoms with Crippen LogP contribution in [-0.4, -0.2) is 49.1 Å². The lowest BCUT2D eigenvalue weighted by Gasteiger charge is -2.26. The van der Waals surface area contributed by atoms with E-state index in [-0.39, 0.29) is 16.9 Å². The van der Waals surface area contributed by atoms with Crippen LogP contribution in [0.1, 0.15) is 18.0 Å². The molecule has 0 radical (unpaired) electrons. The van der Waals surface area contributed by atoms with E-state index in [9.17, 15) is 4.39 Å². The van der Waals surface area contributed by atoms with Gasteiger partial charge >= 0.3 is 0 Å². The molecule has 5 nitrogen and oxygen atoms in total. The van der Waals surface area contributed by atoms with Gasteiger partial charge in [0.05, 0.1) is 5.02 Å². The van der Waals surface area contributed by atoms with Crippen LogP contribution in [0.2, 0.25) is 5.02 Å². The SMILES string of the molecule is CN(C)c1ccnc(NCC2CCN(C)C2c2ccc(Cl)c(F)c2)n1. The second kappa shape index (κ2) is 7.54. The third-order valence-corrected chi connectivity index (χ3v) is 4.99. The maximum Gasteiger partial charge on any atom is 0.224 e. The fourth-order valence-electron chi connectivity index (χ4n) is 3.37. The topological polar surface area (TPSA) is 44.3 Å². The number of halogens is 2. The molecule has 0 amide bonds. The number of hydrogen-bond donors (Lipinski definition) is 1. The van der Waals surface area contributed by atoms with Crippen molar-refractivity contribution in [2.24, 2.45) is 5.92 Å². The Balaban J connectivity index is 1.72. The van der Waals surface area contributed by atoms with Crippen LogP contribution >= 0.6 is 11.6 Å². The van der Waals surface area contributed by atoms with Gasteiger partial charge in [-0.2, -0.15) is 4.98 Å². The summed E-state index contributed by atoms with van der Waals surface area (Å²) >= 11 is 5.82. The van der Waals surface area contributed by atoms with E-state index in [1.807, 2.05) is 31.1 Å². The Morgan fingerprint density at radius 1 is 1.36 bits per heavy atom. The summed E-state index contributed by atoms with van der Waals surface area (Å²) in [7, 11) is 5.96. The van der Waals surface area contributed by atoms with Crippen LogP contribution in [0.3, 0.4) is 0 Å². The molecular formula is C18H23ClFN5. The second-order valence-corrected chi connectivity index (χ2v) is 7.07. The molecule has 0 aliphatic carbocycles. The van der Waals surface area contributed by atoms with Crippen molar-refractivity contribution in [2.45, 2.75) is 12.5 Å². The number of likely N-dealkylation sites (tertiary alicyclic amines) is 1. The number of aromatic nitrogens is 2. The summed E-state index contributed by atoms with van der Waals surface area (Å²) in [5.74, 6) is 1.45. The summed E-state index contributed by atoms with van der Waals surface area (Å²) < 4.78 is 13.9. The summed E-state index contributed by atoms with van der Waals surface area (Å²) in [5, 5.41) is 3.49. The Morgan fingerprint density at radius 2 is 2.16 bits per heavy atom. The number of nitrogens with zero attached hydrogens (tertiary/aromatic N) is 4. The smallest absolute Gasteiger partial charge is 0.224 e. The maximum atomic E-state index is 13.9. The van der Waals surface area contributed by atoms with Gasteiger partial charge in [0, 0.05) is 32.9 Å². The zero-order valence-corrected chi connectivity index (χ0v) is 15.5. The lowest BCUT2D eigenvalue weighted by molar-refractivity contribution is 0.281. The minimum absolute atomic E-state index is 0.149. The first kappa shape index (κ1) is 17.9. The highest BCUT2D eigenvalue weighted by atomic mass is 35.5. The number of anilines is 2. The Kier molecular flexibility index (Phi) is 5.39. The first-order valence-corrected chi connectivity index (χ1v) is 8.73. The highest BCUT2D eigenvalue weighted by Gasteiger charge is 2.33. The van der Waals surface area contributed by atoms with E-state index in [4.69, 9.17) is 11.6 Å². The molecule has 2 aromatic rings. The van der Waals surface area contributed by atoms with Gasteiger partial charge in [-0.1, -0.05) is 17.7 Å². The van der Waals surface area contributed by atoms with Gasteiger partial charge in [-0.25, -0.2) is 9.37 Å². The van der Waals surface area contributed by atoms with Crippen molar-refractivity contribution in [1.29, 1.82) is 0 Å². The van der Waals surface area contributed by atoms with E-state index in [2.05, 4.69) is 27.2 Å². The van der Waals surface area contributed by atoms with Gasteiger partial charge in [0.25, 0.3) is 0 Å². The van der Waals surface area contributed by atoms with Crippen LogP contribution in [0.15, 0.2) is 30.5 Å². The summed E-state index contributed by atoms with van der Waals surface area (Å²) in [6.07, 6.45) is 2.78. The van der Waals surface area contributed by atoms with Crippen molar-refractivity contribution < 1.29 is 4.39 Å². The molecule has 2 atom stereocenters. The molecule has 0 saturated carbocycles. The van der Waals surface area contributed by atoms with E-state index in [0.717, 1.165) is 30.9 Å². The highest BCUT2D eigenvalue weighted by Crippen LogP contribution is 2.37. The lowest BCUT2D eigenvalue weighted by Crippen LogP contribution is -2.25. The van der Waals surface area contributed by atoms with Crippen LogP contribution in [-0.2, 0) is 0 Å². The van der Waals surface area contributed by atoms with Crippen LogP contribution in [0, 0.1) is 11.7 Å². The van der Waals surface area contributed by atoms with Crippen LogP contribution in [0.4, 0.5) is 16.2 Å². The largest absolute Gasteiger partial charge is 0.363 e. The van der Waals surface area contributed by atoms with E-state index < -0.39 is 0 Å². The van der Waals surface area contributed by atoms with Crippen molar-refractivity contribution in [2.75, 3.05) is 44.4 Å². The molecule has 1 aromatic heterocycles. The Hall–Kier alpha value is -1.92. The van der Waals surface area contributed by atoms with Crippen LogP contribution < -0.4 is 10.2 Å². The van der Waals surface area contributed by atoms with Gasteiger partial charge in [-0.05, 0) is 49.7 Å². The van der Waals surface area contributed by atoms with E-state index in [1.165, 1.54) is 0 Å². The van der Waals surface area contributed by atoms with Crippen molar-refractivity contribution >= 4 is 23.4 Å². The van der Waals surface area contributed by atoms with Gasteiger partial charge in [0.2, 0.25) is 5.95 Å². The van der Waals surface area contributed by atoms with E-state index in [1.54, 1.807) is 18.3 Å². The molecule has 25 heavy (non-hydrogen) atoms. The molecule has 134 valence electrons. The second-order valence-electron chi connectivity index (χ2n) is 6.66. The van der Waals surface area contributed by atoms with Crippen molar-refractivity contribution in [3.05, 3.63) is 46.9 Å². The van der Waals surface area contributed by atoms with Crippen LogP contribution in [0.5, 0.6) is 0 Å². The minimum atomic E-state index is -0.367. The van der Waals surface area contributed by atoms with Gasteiger partial charge < -0.3 is 10.2 Å². The highest BCUT2D eigenvalue weighted by molar-refractivity contribution is 6.30. The molecule has 2 unspecified atom stereocenters. The first-order valence-electron chi connectivity index (χ1n) is 8.35. The van der Waals surface area contributed by atoms with Crippen molar-refractivity contribution in [3.63, 3.8) is 0 Å². The zero-order chi connectivity index (χ0) is 18.0. The molecule has 0 spiro atoms. The van der Waals surface area contributed by atoms with Gasteiger partial charge in [0.15, 0.2) is 0 Å². The van der Waals surface area contributed by atoms with E-state index >= 15 is 0 Å². The number of benzene rings is 1. The monoisotopic (exact) mass is 363 g/mol. The predicted octanol–water partition coefficient (Wildman–Crippen LogP) is 3.44. The minimum Gasteiger partial charge on any atom is -0.363 e. The standard InChI is InChI=1S/C18H23ClFN5/c1-24(2)16-6-8-21-18(23-16)22-11-13-7-9-25(3)17(13)12-4-5-14(19)15(20)10-12/h4-6,8,10,13,17H,7,9,11H2,1-3H3,(H,21,22,23). The molecule has 1 aliphatic heterocycles. The Morgan fingerprint density at radius 3 is 2.88 bits per heavy atom. The number of hydrogen-bond acceptors (Lipinski definition) is 5. The van der Waals surface area contributed by atoms with Crippen LogP contribution in [0.25, 0.3) is 0 Å². The van der Waals surface area contributed by atoms with Gasteiger partial charge in [-0.15, -0.1) is 0 Å². The zero-order valence-electron chi connectivity index (χ0n) is 14.7. The lowest BCUT2D eigenvalue weighted by atomic mass is 9.93. The molecular weight excluding hydrogens is 341 g/mol. The number of rotatable bonds is 5. The molecule has 1 fully saturated rings. The van der Waals surface area contributed by atoms with Crippen molar-refractivity contribution in [3.8, 4) is 0 Å². The average Bonchev–Trinajstić information content (AvgIpc) is 2.96. The first-order chi connectivity index (χ1) is 12.0. The molecule has 1 aromatic carbocycles.